The minimum absolute atomic E-state index is 0.218. The van der Waals surface area contributed by atoms with Gasteiger partial charge in [0, 0.05) is 38.0 Å². The van der Waals surface area contributed by atoms with Crippen LogP contribution in [0.2, 0.25) is 0 Å². The van der Waals surface area contributed by atoms with E-state index in [2.05, 4.69) is 10.3 Å². The lowest BCUT2D eigenvalue weighted by molar-refractivity contribution is -0.134. The van der Waals surface area contributed by atoms with Crippen molar-refractivity contribution < 1.29 is 24.2 Å². The number of aliphatic carboxylic acids is 1. The van der Waals surface area contributed by atoms with Crippen LogP contribution in [0, 0.1) is 13.8 Å². The number of rotatable bonds is 7. The Morgan fingerprint density at radius 1 is 1.25 bits per heavy atom. The van der Waals surface area contributed by atoms with Gasteiger partial charge in [0.05, 0.1) is 12.7 Å². The first-order valence-corrected chi connectivity index (χ1v) is 8.69. The second-order valence-corrected chi connectivity index (χ2v) is 5.95. The van der Waals surface area contributed by atoms with Crippen molar-refractivity contribution in [1.29, 1.82) is 0 Å². The number of nitrogens with one attached hydrogen (secondary N) is 1. The standard InChI is InChI=1S/C18H23N3O3.C2H4O2/c1-12-8-13(2)20-10-14(12)11-21-18(22)16-5-4-15(23-3)9-17(16)24-7-6-19;1-2(3)4/h4-5,8-10H,6-7,11,19H2,1-3H3,(H,21,22);1H3,(H,3,4). The lowest BCUT2D eigenvalue weighted by atomic mass is 10.1. The maximum absolute atomic E-state index is 12.5. The smallest absolute Gasteiger partial charge is 0.300 e. The van der Waals surface area contributed by atoms with Crippen LogP contribution in [0.3, 0.4) is 0 Å². The molecule has 0 fully saturated rings. The number of hydrogen-bond acceptors (Lipinski definition) is 6. The summed E-state index contributed by atoms with van der Waals surface area (Å²) in [6, 6.07) is 7.08. The van der Waals surface area contributed by atoms with Gasteiger partial charge < -0.3 is 25.6 Å². The number of amides is 1. The number of hydrogen-bond donors (Lipinski definition) is 3. The van der Waals surface area contributed by atoms with Crippen molar-refractivity contribution >= 4 is 11.9 Å². The molecule has 28 heavy (non-hydrogen) atoms. The van der Waals surface area contributed by atoms with Crippen LogP contribution in [0.1, 0.15) is 34.1 Å². The Morgan fingerprint density at radius 2 is 1.93 bits per heavy atom. The van der Waals surface area contributed by atoms with Crippen LogP contribution >= 0.6 is 0 Å². The van der Waals surface area contributed by atoms with E-state index in [9.17, 15) is 4.79 Å². The zero-order valence-electron chi connectivity index (χ0n) is 16.6. The number of nitrogens with two attached hydrogens (primary N) is 1. The Hall–Kier alpha value is -3.13. The summed E-state index contributed by atoms with van der Waals surface area (Å²) in [7, 11) is 1.56. The first-order valence-electron chi connectivity index (χ1n) is 8.69. The maximum Gasteiger partial charge on any atom is 0.300 e. The lowest BCUT2D eigenvalue weighted by Gasteiger charge is -2.13. The second kappa shape index (κ2) is 11.6. The molecular weight excluding hydrogens is 362 g/mol. The number of carboxylic acids is 1. The van der Waals surface area contributed by atoms with E-state index in [1.165, 1.54) is 0 Å². The van der Waals surface area contributed by atoms with Gasteiger partial charge in [-0.15, -0.1) is 0 Å². The van der Waals surface area contributed by atoms with Gasteiger partial charge in [-0.2, -0.15) is 0 Å². The minimum Gasteiger partial charge on any atom is -0.497 e. The molecule has 1 amide bonds. The fourth-order valence-corrected chi connectivity index (χ4v) is 2.29. The molecule has 8 nitrogen and oxygen atoms in total. The fraction of sp³-hybridized carbons (Fsp3) is 0.350. The summed E-state index contributed by atoms with van der Waals surface area (Å²) in [4.78, 5) is 25.8. The molecule has 1 heterocycles. The highest BCUT2D eigenvalue weighted by Gasteiger charge is 2.14. The van der Waals surface area contributed by atoms with E-state index >= 15 is 0 Å². The molecule has 0 aliphatic rings. The van der Waals surface area contributed by atoms with Gasteiger partial charge in [-0.05, 0) is 43.2 Å². The number of aryl methyl sites for hydroxylation is 2. The predicted octanol–water partition coefficient (Wildman–Crippen LogP) is 2.07. The largest absolute Gasteiger partial charge is 0.497 e. The molecule has 152 valence electrons. The third-order valence-electron chi connectivity index (χ3n) is 3.60. The van der Waals surface area contributed by atoms with E-state index in [0.29, 0.717) is 36.8 Å². The van der Waals surface area contributed by atoms with E-state index in [-0.39, 0.29) is 5.91 Å². The number of pyridine rings is 1. The molecule has 0 saturated heterocycles. The molecule has 0 aliphatic heterocycles. The molecule has 0 spiro atoms. The van der Waals surface area contributed by atoms with Crippen LogP contribution in [-0.2, 0) is 11.3 Å². The summed E-state index contributed by atoms with van der Waals surface area (Å²) in [6.07, 6.45) is 1.78. The number of ether oxygens (including phenoxy) is 2. The van der Waals surface area contributed by atoms with Crippen molar-refractivity contribution in [2.75, 3.05) is 20.3 Å². The van der Waals surface area contributed by atoms with E-state index in [1.807, 2.05) is 19.9 Å². The van der Waals surface area contributed by atoms with Gasteiger partial charge >= 0.3 is 0 Å². The van der Waals surface area contributed by atoms with Gasteiger partial charge in [0.1, 0.15) is 18.1 Å². The topological polar surface area (TPSA) is 124 Å². The van der Waals surface area contributed by atoms with Crippen molar-refractivity contribution in [2.24, 2.45) is 5.73 Å². The summed E-state index contributed by atoms with van der Waals surface area (Å²) in [5.74, 6) is 0.0258. The highest BCUT2D eigenvalue weighted by Crippen LogP contribution is 2.25. The van der Waals surface area contributed by atoms with Crippen molar-refractivity contribution in [3.63, 3.8) is 0 Å². The van der Waals surface area contributed by atoms with Crippen molar-refractivity contribution in [2.45, 2.75) is 27.3 Å². The van der Waals surface area contributed by atoms with Crippen molar-refractivity contribution in [3.8, 4) is 11.5 Å². The van der Waals surface area contributed by atoms with Gasteiger partial charge in [0.15, 0.2) is 0 Å². The number of methoxy groups -OCH3 is 1. The SMILES string of the molecule is CC(=O)O.COc1ccc(C(=O)NCc2cnc(C)cc2C)c(OCCN)c1. The van der Waals surface area contributed by atoms with Crippen LogP contribution in [0.4, 0.5) is 0 Å². The maximum atomic E-state index is 12.5. The van der Waals surface area contributed by atoms with Gasteiger partial charge in [-0.3, -0.25) is 14.6 Å². The third-order valence-corrected chi connectivity index (χ3v) is 3.60. The summed E-state index contributed by atoms with van der Waals surface area (Å²) in [6.45, 7) is 6.12. The lowest BCUT2D eigenvalue weighted by Crippen LogP contribution is -2.24. The highest BCUT2D eigenvalue weighted by molar-refractivity contribution is 5.97. The molecule has 1 aromatic carbocycles. The van der Waals surface area contributed by atoms with E-state index < -0.39 is 5.97 Å². The van der Waals surface area contributed by atoms with E-state index in [4.69, 9.17) is 25.1 Å². The molecule has 0 aliphatic carbocycles. The van der Waals surface area contributed by atoms with Crippen LogP contribution in [-0.4, -0.2) is 42.2 Å². The molecule has 0 saturated carbocycles. The third kappa shape index (κ3) is 7.63. The average molecular weight is 389 g/mol. The van der Waals surface area contributed by atoms with Crippen LogP contribution in [0.15, 0.2) is 30.5 Å². The summed E-state index contributed by atoms with van der Waals surface area (Å²) < 4.78 is 10.7. The molecule has 4 N–H and O–H groups in total. The Labute approximate surface area is 164 Å². The molecule has 8 heteroatoms. The first-order chi connectivity index (χ1) is 13.3. The molecule has 1 aromatic heterocycles. The minimum atomic E-state index is -0.833. The zero-order chi connectivity index (χ0) is 21.1. The molecule has 0 unspecified atom stereocenters. The molecule has 2 rings (SSSR count). The van der Waals surface area contributed by atoms with Crippen LogP contribution < -0.4 is 20.5 Å². The number of carbonyl (C=O) groups is 2. The highest BCUT2D eigenvalue weighted by atomic mass is 16.5. The Kier molecular flexibility index (Phi) is 9.45. The Bertz CT molecular complexity index is 804. The molecule has 0 radical (unpaired) electrons. The van der Waals surface area contributed by atoms with E-state index in [1.54, 1.807) is 31.5 Å². The first kappa shape index (κ1) is 22.9. The number of nitrogens with zero attached hydrogens (tertiary/aromatic N) is 1. The second-order valence-electron chi connectivity index (χ2n) is 5.95. The van der Waals surface area contributed by atoms with Crippen molar-refractivity contribution in [3.05, 3.63) is 52.8 Å². The quantitative estimate of drug-likeness (QED) is 0.662. The molecule has 0 atom stereocenters. The van der Waals surface area contributed by atoms with Gasteiger partial charge in [-0.25, -0.2) is 0 Å². The number of benzene rings is 1. The Morgan fingerprint density at radius 3 is 2.50 bits per heavy atom. The average Bonchev–Trinajstić information content (AvgIpc) is 2.64. The number of aromatic nitrogens is 1. The summed E-state index contributed by atoms with van der Waals surface area (Å²) in [5, 5.41) is 10.3. The van der Waals surface area contributed by atoms with Gasteiger partial charge in [-0.1, -0.05) is 0 Å². The summed E-state index contributed by atoms with van der Waals surface area (Å²) >= 11 is 0. The van der Waals surface area contributed by atoms with E-state index in [0.717, 1.165) is 23.7 Å². The number of carbonyl (C=O) groups excluding carboxylic acids is 1. The summed E-state index contributed by atoms with van der Waals surface area (Å²) in [5.41, 5.74) is 8.95. The van der Waals surface area contributed by atoms with Crippen LogP contribution in [0.25, 0.3) is 0 Å². The van der Waals surface area contributed by atoms with Crippen LogP contribution in [0.5, 0.6) is 11.5 Å². The fourth-order valence-electron chi connectivity index (χ4n) is 2.29. The monoisotopic (exact) mass is 389 g/mol. The van der Waals surface area contributed by atoms with Crippen molar-refractivity contribution in [1.82, 2.24) is 10.3 Å². The molecular formula is C20H27N3O5. The molecule has 2 aromatic rings. The molecule has 0 bridgehead atoms. The normalized spacial score (nSPS) is 9.75. The predicted molar refractivity (Wildman–Crippen MR) is 106 cm³/mol. The number of carboxylic acid groups (broad SMARTS) is 1. The van der Waals surface area contributed by atoms with Gasteiger partial charge in [0.2, 0.25) is 0 Å². The zero-order valence-corrected chi connectivity index (χ0v) is 16.6. The Balaban J connectivity index is 0.000000892. The van der Waals surface area contributed by atoms with Gasteiger partial charge in [0.25, 0.3) is 11.9 Å².